The predicted octanol–water partition coefficient (Wildman–Crippen LogP) is 5.61. The van der Waals surface area contributed by atoms with Crippen LogP contribution in [0.1, 0.15) is 28.4 Å². The number of halogens is 1. The molecule has 0 aliphatic rings. The molecule has 3 aromatic carbocycles. The molecule has 4 aromatic rings. The zero-order valence-corrected chi connectivity index (χ0v) is 16.7. The summed E-state index contributed by atoms with van der Waals surface area (Å²) >= 11 is 0. The number of benzene rings is 3. The van der Waals surface area contributed by atoms with Crippen LogP contribution in [0.2, 0.25) is 0 Å². The van der Waals surface area contributed by atoms with Crippen molar-refractivity contribution in [3.8, 4) is 0 Å². The number of fused-ring (bicyclic) bond motifs is 1. The molecule has 30 heavy (non-hydrogen) atoms. The second-order valence-corrected chi connectivity index (χ2v) is 7.02. The third-order valence-corrected chi connectivity index (χ3v) is 4.99. The summed E-state index contributed by atoms with van der Waals surface area (Å²) in [6.07, 6.45) is 0.891. The van der Waals surface area contributed by atoms with E-state index in [2.05, 4.69) is 28.6 Å². The number of aromatic nitrogens is 1. The van der Waals surface area contributed by atoms with Crippen molar-refractivity contribution in [1.82, 2.24) is 10.3 Å². The van der Waals surface area contributed by atoms with Crippen molar-refractivity contribution in [2.24, 2.45) is 0 Å². The fraction of sp³-hybridized carbons (Fsp3) is 0.120. The van der Waals surface area contributed by atoms with Crippen molar-refractivity contribution in [1.29, 1.82) is 0 Å². The van der Waals surface area contributed by atoms with Crippen LogP contribution in [0, 0.1) is 5.82 Å². The summed E-state index contributed by atoms with van der Waals surface area (Å²) in [4.78, 5) is 17.7. The molecule has 4 rings (SSSR count). The highest BCUT2D eigenvalue weighted by atomic mass is 19.1. The molecule has 1 aromatic heterocycles. The van der Waals surface area contributed by atoms with Gasteiger partial charge in [0.1, 0.15) is 11.6 Å². The summed E-state index contributed by atoms with van der Waals surface area (Å²) in [6.45, 7) is 2.42. The van der Waals surface area contributed by atoms with Gasteiger partial charge >= 0.3 is 0 Å². The predicted molar refractivity (Wildman–Crippen MR) is 118 cm³/mol. The van der Waals surface area contributed by atoms with Gasteiger partial charge in [0.15, 0.2) is 0 Å². The normalized spacial score (nSPS) is 10.7. The topological polar surface area (TPSA) is 54.0 Å². The molecule has 0 aliphatic carbocycles. The van der Waals surface area contributed by atoms with Crippen LogP contribution in [-0.2, 0) is 13.0 Å². The summed E-state index contributed by atoms with van der Waals surface area (Å²) in [6, 6.07) is 23.5. The van der Waals surface area contributed by atoms with Crippen LogP contribution in [-0.4, -0.2) is 10.9 Å². The molecule has 0 saturated heterocycles. The molecule has 0 aliphatic heterocycles. The largest absolute Gasteiger partial charge is 0.348 e. The fourth-order valence-electron chi connectivity index (χ4n) is 3.40. The number of carbonyl (C=O) groups excluding carboxylic acids is 1. The first-order valence-electron chi connectivity index (χ1n) is 9.91. The number of hydrogen-bond donors (Lipinski definition) is 2. The van der Waals surface area contributed by atoms with Crippen molar-refractivity contribution in [3.63, 3.8) is 0 Å². The van der Waals surface area contributed by atoms with Crippen LogP contribution in [0.4, 0.5) is 15.9 Å². The second-order valence-electron chi connectivity index (χ2n) is 7.02. The van der Waals surface area contributed by atoms with E-state index >= 15 is 0 Å². The highest BCUT2D eigenvalue weighted by Gasteiger charge is 2.13. The molecule has 5 heteroatoms. The number of anilines is 2. The Morgan fingerprint density at radius 1 is 0.967 bits per heavy atom. The number of carbonyl (C=O) groups is 1. The Kier molecular flexibility index (Phi) is 5.70. The lowest BCUT2D eigenvalue weighted by molar-refractivity contribution is 0.0952. The number of rotatable bonds is 6. The van der Waals surface area contributed by atoms with Crippen LogP contribution < -0.4 is 10.6 Å². The van der Waals surface area contributed by atoms with Crippen molar-refractivity contribution >= 4 is 28.3 Å². The lowest BCUT2D eigenvalue weighted by Crippen LogP contribution is -2.23. The van der Waals surface area contributed by atoms with Crippen LogP contribution in [0.15, 0.2) is 78.9 Å². The Hall–Kier alpha value is -3.73. The van der Waals surface area contributed by atoms with E-state index in [1.54, 1.807) is 18.2 Å². The Bertz CT molecular complexity index is 1190. The number of hydrogen-bond acceptors (Lipinski definition) is 3. The van der Waals surface area contributed by atoms with Gasteiger partial charge in [-0.05, 0) is 47.9 Å². The van der Waals surface area contributed by atoms with E-state index in [0.717, 1.165) is 28.6 Å². The summed E-state index contributed by atoms with van der Waals surface area (Å²) in [7, 11) is 0. The molecule has 0 atom stereocenters. The molecular weight excluding hydrogens is 377 g/mol. The summed E-state index contributed by atoms with van der Waals surface area (Å²) in [5.41, 5.74) is 4.26. The number of nitrogens with zero attached hydrogens (tertiary/aromatic N) is 1. The van der Waals surface area contributed by atoms with Crippen LogP contribution >= 0.6 is 0 Å². The van der Waals surface area contributed by atoms with E-state index in [1.807, 2.05) is 42.5 Å². The Morgan fingerprint density at radius 3 is 2.50 bits per heavy atom. The lowest BCUT2D eigenvalue weighted by atomic mass is 10.1. The zero-order valence-electron chi connectivity index (χ0n) is 16.7. The van der Waals surface area contributed by atoms with Crippen molar-refractivity contribution in [2.45, 2.75) is 19.9 Å². The lowest BCUT2D eigenvalue weighted by Gasteiger charge is -2.13. The summed E-state index contributed by atoms with van der Waals surface area (Å²) in [5, 5.41) is 7.06. The number of nitrogens with one attached hydrogen (secondary N) is 2. The first kappa shape index (κ1) is 19.6. The van der Waals surface area contributed by atoms with Gasteiger partial charge in [-0.3, -0.25) is 4.79 Å². The van der Waals surface area contributed by atoms with E-state index in [0.29, 0.717) is 17.9 Å². The Labute approximate surface area is 174 Å². The van der Waals surface area contributed by atoms with Gasteiger partial charge in [0, 0.05) is 17.6 Å². The first-order valence-corrected chi connectivity index (χ1v) is 9.91. The van der Waals surface area contributed by atoms with Crippen LogP contribution in [0.5, 0.6) is 0 Å². The monoisotopic (exact) mass is 399 g/mol. The SMILES string of the molecule is CCc1ccccc1Nc1cc(C(=O)NCc2ccc(F)cc2)c2ccccc2n1. The molecule has 0 bridgehead atoms. The van der Waals surface area contributed by atoms with Gasteiger partial charge in [0.25, 0.3) is 5.91 Å². The number of aryl methyl sites for hydroxylation is 1. The van der Waals surface area contributed by atoms with Gasteiger partial charge in [-0.2, -0.15) is 0 Å². The van der Waals surface area contributed by atoms with E-state index in [1.165, 1.54) is 17.7 Å². The van der Waals surface area contributed by atoms with Gasteiger partial charge in [0.05, 0.1) is 11.1 Å². The maximum absolute atomic E-state index is 13.1. The molecule has 1 heterocycles. The molecule has 0 fully saturated rings. The third kappa shape index (κ3) is 4.30. The highest BCUT2D eigenvalue weighted by Crippen LogP contribution is 2.25. The molecule has 4 nitrogen and oxygen atoms in total. The van der Waals surface area contributed by atoms with Gasteiger partial charge < -0.3 is 10.6 Å². The summed E-state index contributed by atoms with van der Waals surface area (Å²) in [5.74, 6) is 0.111. The highest BCUT2D eigenvalue weighted by molar-refractivity contribution is 6.07. The van der Waals surface area contributed by atoms with E-state index in [4.69, 9.17) is 0 Å². The smallest absolute Gasteiger partial charge is 0.252 e. The minimum Gasteiger partial charge on any atom is -0.348 e. The number of pyridine rings is 1. The van der Waals surface area contributed by atoms with E-state index < -0.39 is 0 Å². The Balaban J connectivity index is 1.64. The molecule has 0 saturated carbocycles. The molecule has 1 amide bonds. The molecular formula is C25H22FN3O. The standard InChI is InChI=1S/C25H22FN3O/c1-2-18-7-3-5-9-22(18)28-24-15-21(20-8-4-6-10-23(20)29-24)25(30)27-16-17-11-13-19(26)14-12-17/h3-15H,2,16H2,1H3,(H,27,30)(H,28,29). The number of amides is 1. The van der Waals surface area contributed by atoms with E-state index in [9.17, 15) is 9.18 Å². The zero-order chi connectivity index (χ0) is 20.9. The molecule has 0 spiro atoms. The maximum Gasteiger partial charge on any atom is 0.252 e. The van der Waals surface area contributed by atoms with Crippen LogP contribution in [0.25, 0.3) is 10.9 Å². The summed E-state index contributed by atoms with van der Waals surface area (Å²) < 4.78 is 13.1. The van der Waals surface area contributed by atoms with Crippen molar-refractivity contribution < 1.29 is 9.18 Å². The number of para-hydroxylation sites is 2. The molecule has 0 unspecified atom stereocenters. The van der Waals surface area contributed by atoms with Gasteiger partial charge in [-0.15, -0.1) is 0 Å². The first-order chi connectivity index (χ1) is 14.6. The average molecular weight is 399 g/mol. The van der Waals surface area contributed by atoms with Gasteiger partial charge in [-0.25, -0.2) is 9.37 Å². The minimum absolute atomic E-state index is 0.204. The van der Waals surface area contributed by atoms with Gasteiger partial charge in [0.2, 0.25) is 0 Å². The van der Waals surface area contributed by atoms with E-state index in [-0.39, 0.29) is 11.7 Å². The molecule has 2 N–H and O–H groups in total. The minimum atomic E-state index is -0.298. The van der Waals surface area contributed by atoms with Crippen molar-refractivity contribution in [3.05, 3.63) is 101 Å². The average Bonchev–Trinajstić information content (AvgIpc) is 2.78. The molecule has 0 radical (unpaired) electrons. The molecule has 150 valence electrons. The van der Waals surface area contributed by atoms with Gasteiger partial charge in [-0.1, -0.05) is 55.5 Å². The Morgan fingerprint density at radius 2 is 1.70 bits per heavy atom. The third-order valence-electron chi connectivity index (χ3n) is 4.99. The fourth-order valence-corrected chi connectivity index (χ4v) is 3.40. The van der Waals surface area contributed by atoms with Crippen molar-refractivity contribution in [2.75, 3.05) is 5.32 Å². The second kappa shape index (κ2) is 8.74. The maximum atomic E-state index is 13.1. The quantitative estimate of drug-likeness (QED) is 0.443. The van der Waals surface area contributed by atoms with Crippen LogP contribution in [0.3, 0.4) is 0 Å².